The van der Waals surface area contributed by atoms with Gasteiger partial charge >= 0.3 is 5.97 Å². The fourth-order valence-corrected chi connectivity index (χ4v) is 3.20. The van der Waals surface area contributed by atoms with E-state index in [1.54, 1.807) is 12.1 Å². The summed E-state index contributed by atoms with van der Waals surface area (Å²) < 4.78 is 7.40. The van der Waals surface area contributed by atoms with Crippen molar-refractivity contribution in [3.8, 4) is 5.75 Å². The fraction of sp³-hybridized carbons (Fsp3) is 0.0625. The molecule has 22 heavy (non-hydrogen) atoms. The molecule has 3 nitrogen and oxygen atoms in total. The Kier molecular flexibility index (Phi) is 6.06. The zero-order valence-electron chi connectivity index (χ0n) is 11.2. The molecule has 0 unspecified atom stereocenters. The van der Waals surface area contributed by atoms with Crippen molar-refractivity contribution in [1.29, 1.82) is 0 Å². The zero-order chi connectivity index (χ0) is 16.1. The van der Waals surface area contributed by atoms with Crippen LogP contribution in [0.5, 0.6) is 5.75 Å². The Labute approximate surface area is 149 Å². The number of halogens is 3. The van der Waals surface area contributed by atoms with E-state index < -0.39 is 5.97 Å². The average molecular weight is 447 g/mol. The summed E-state index contributed by atoms with van der Waals surface area (Å²) in [6.45, 7) is 0.377. The summed E-state index contributed by atoms with van der Waals surface area (Å²) in [4.78, 5) is 10.5. The Morgan fingerprint density at radius 3 is 2.68 bits per heavy atom. The number of benzene rings is 2. The Morgan fingerprint density at radius 2 is 2.05 bits per heavy atom. The lowest BCUT2D eigenvalue weighted by atomic mass is 10.2. The van der Waals surface area contributed by atoms with E-state index in [1.165, 1.54) is 6.08 Å². The van der Waals surface area contributed by atoms with Crippen LogP contribution in [-0.4, -0.2) is 11.1 Å². The Bertz CT molecular complexity index is 706. The molecule has 0 aromatic heterocycles. The van der Waals surface area contributed by atoms with Crippen LogP contribution in [0.3, 0.4) is 0 Å². The largest absolute Gasteiger partial charge is 0.486 e. The third-order valence-electron chi connectivity index (χ3n) is 2.71. The first-order chi connectivity index (χ1) is 10.5. The minimum Gasteiger partial charge on any atom is -0.486 e. The molecule has 0 saturated heterocycles. The maximum absolute atomic E-state index is 10.5. The topological polar surface area (TPSA) is 46.5 Å². The third-order valence-corrected chi connectivity index (χ3v) is 4.07. The molecule has 0 fully saturated rings. The predicted molar refractivity (Wildman–Crippen MR) is 94.3 cm³/mol. The van der Waals surface area contributed by atoms with E-state index in [4.69, 9.17) is 21.4 Å². The number of aliphatic carboxylic acids is 1. The number of rotatable bonds is 5. The van der Waals surface area contributed by atoms with Gasteiger partial charge in [-0.2, -0.15) is 0 Å². The van der Waals surface area contributed by atoms with Crippen molar-refractivity contribution in [2.24, 2.45) is 0 Å². The van der Waals surface area contributed by atoms with Crippen molar-refractivity contribution in [3.63, 3.8) is 0 Å². The molecule has 2 rings (SSSR count). The molecule has 0 aliphatic rings. The minimum absolute atomic E-state index is 0.377. The predicted octanol–water partition coefficient (Wildman–Crippen LogP) is 5.54. The van der Waals surface area contributed by atoms with Gasteiger partial charge in [0.25, 0.3) is 0 Å². The summed E-state index contributed by atoms with van der Waals surface area (Å²) in [6, 6.07) is 11.2. The van der Waals surface area contributed by atoms with Crippen LogP contribution >= 0.6 is 43.5 Å². The van der Waals surface area contributed by atoms with Crippen molar-refractivity contribution in [1.82, 2.24) is 0 Å². The summed E-state index contributed by atoms with van der Waals surface area (Å²) in [7, 11) is 0. The zero-order valence-corrected chi connectivity index (χ0v) is 15.2. The molecule has 0 spiro atoms. The molecule has 0 amide bonds. The second-order valence-electron chi connectivity index (χ2n) is 4.40. The average Bonchev–Trinajstić information content (AvgIpc) is 2.44. The first-order valence-electron chi connectivity index (χ1n) is 6.23. The van der Waals surface area contributed by atoms with Crippen molar-refractivity contribution in [2.45, 2.75) is 6.61 Å². The van der Waals surface area contributed by atoms with E-state index in [0.717, 1.165) is 16.1 Å². The molecule has 0 radical (unpaired) electrons. The maximum Gasteiger partial charge on any atom is 0.328 e. The lowest BCUT2D eigenvalue weighted by molar-refractivity contribution is -0.131. The fourth-order valence-electron chi connectivity index (χ4n) is 1.76. The van der Waals surface area contributed by atoms with E-state index in [-0.39, 0.29) is 0 Å². The minimum atomic E-state index is -1.01. The van der Waals surface area contributed by atoms with Gasteiger partial charge in [0.05, 0.1) is 9.50 Å². The van der Waals surface area contributed by atoms with Gasteiger partial charge < -0.3 is 9.84 Å². The molecule has 1 N–H and O–H groups in total. The van der Waals surface area contributed by atoms with Crippen LogP contribution in [0.15, 0.2) is 51.4 Å². The van der Waals surface area contributed by atoms with Crippen molar-refractivity contribution in [3.05, 3.63) is 67.6 Å². The van der Waals surface area contributed by atoms with E-state index in [9.17, 15) is 4.79 Å². The number of carboxylic acids is 1. The third kappa shape index (κ3) is 4.87. The van der Waals surface area contributed by atoms with Gasteiger partial charge in [0.15, 0.2) is 5.75 Å². The van der Waals surface area contributed by atoms with Crippen molar-refractivity contribution in [2.75, 3.05) is 0 Å². The second-order valence-corrected chi connectivity index (χ2v) is 6.58. The molecule has 2 aromatic rings. The summed E-state index contributed by atoms with van der Waals surface area (Å²) in [5.41, 5.74) is 1.68. The first kappa shape index (κ1) is 17.1. The van der Waals surface area contributed by atoms with E-state index in [2.05, 4.69) is 31.9 Å². The molecule has 114 valence electrons. The molecule has 6 heteroatoms. The normalized spacial score (nSPS) is 10.9. The van der Waals surface area contributed by atoms with Crippen LogP contribution in [0.2, 0.25) is 5.02 Å². The highest BCUT2D eigenvalue weighted by Gasteiger charge is 2.09. The first-order valence-corrected chi connectivity index (χ1v) is 8.19. The number of hydrogen-bond acceptors (Lipinski definition) is 2. The Balaban J connectivity index is 2.16. The molecule has 0 bridgehead atoms. The molecular formula is C16H11Br2ClO3. The number of carboxylic acid groups (broad SMARTS) is 1. The molecule has 0 heterocycles. The van der Waals surface area contributed by atoms with Crippen LogP contribution in [0.1, 0.15) is 11.1 Å². The second kappa shape index (κ2) is 7.81. The van der Waals surface area contributed by atoms with Gasteiger partial charge in [-0.15, -0.1) is 0 Å². The molecule has 2 aromatic carbocycles. The smallest absolute Gasteiger partial charge is 0.328 e. The van der Waals surface area contributed by atoms with Crippen LogP contribution < -0.4 is 4.74 Å². The number of hydrogen-bond donors (Lipinski definition) is 1. The summed E-state index contributed by atoms with van der Waals surface area (Å²) in [5.74, 6) is -0.489. The summed E-state index contributed by atoms with van der Waals surface area (Å²) >= 11 is 13.0. The Hall–Kier alpha value is -1.30. The quantitative estimate of drug-likeness (QED) is 0.614. The molecule has 0 atom stereocenters. The van der Waals surface area contributed by atoms with E-state index in [1.807, 2.05) is 24.3 Å². The van der Waals surface area contributed by atoms with Crippen LogP contribution in [0, 0.1) is 0 Å². The molecule has 0 aliphatic carbocycles. The highest BCUT2D eigenvalue weighted by molar-refractivity contribution is 9.10. The molecule has 0 saturated carbocycles. The maximum atomic E-state index is 10.5. The highest BCUT2D eigenvalue weighted by Crippen LogP contribution is 2.35. The van der Waals surface area contributed by atoms with Crippen molar-refractivity contribution >= 4 is 55.5 Å². The SMILES string of the molecule is O=C(O)/C=C/c1cc(Cl)c(OCc2cccc(Br)c2)c(Br)c1. The molecule has 0 aliphatic heterocycles. The van der Waals surface area contributed by atoms with Gasteiger partial charge in [-0.25, -0.2) is 4.79 Å². The standard InChI is InChI=1S/C16H11Br2ClO3/c17-12-3-1-2-11(6-12)9-22-16-13(18)7-10(8-14(16)19)4-5-15(20)21/h1-8H,9H2,(H,20,21)/b5-4+. The summed E-state index contributed by atoms with van der Waals surface area (Å²) in [6.07, 6.45) is 2.52. The van der Waals surface area contributed by atoms with Crippen LogP contribution in [0.4, 0.5) is 0 Å². The van der Waals surface area contributed by atoms with Crippen molar-refractivity contribution < 1.29 is 14.6 Å². The van der Waals surface area contributed by atoms with Gasteiger partial charge in [0, 0.05) is 10.5 Å². The van der Waals surface area contributed by atoms with Crippen LogP contribution in [-0.2, 0) is 11.4 Å². The van der Waals surface area contributed by atoms with Gasteiger partial charge in [0.2, 0.25) is 0 Å². The molecular weight excluding hydrogens is 435 g/mol. The lowest BCUT2D eigenvalue weighted by Crippen LogP contribution is -1.97. The Morgan fingerprint density at radius 1 is 1.27 bits per heavy atom. The highest BCUT2D eigenvalue weighted by atomic mass is 79.9. The van der Waals surface area contributed by atoms with Gasteiger partial charge in [-0.1, -0.05) is 39.7 Å². The lowest BCUT2D eigenvalue weighted by Gasteiger charge is -2.11. The van der Waals surface area contributed by atoms with Gasteiger partial charge in [-0.05, 0) is 57.4 Å². The number of carbonyl (C=O) groups is 1. The van der Waals surface area contributed by atoms with Crippen LogP contribution in [0.25, 0.3) is 6.08 Å². The monoisotopic (exact) mass is 444 g/mol. The summed E-state index contributed by atoms with van der Waals surface area (Å²) in [5, 5.41) is 9.05. The van der Waals surface area contributed by atoms with Gasteiger partial charge in [-0.3, -0.25) is 0 Å². The van der Waals surface area contributed by atoms with E-state index >= 15 is 0 Å². The van der Waals surface area contributed by atoms with Gasteiger partial charge in [0.1, 0.15) is 6.61 Å². The number of ether oxygens (including phenoxy) is 1. The van der Waals surface area contributed by atoms with E-state index in [0.29, 0.717) is 27.4 Å².